The first-order valence-electron chi connectivity index (χ1n) is 6.79. The number of urea groups is 1. The van der Waals surface area contributed by atoms with Gasteiger partial charge in [0.15, 0.2) is 5.54 Å². The topological polar surface area (TPSA) is 91.7 Å². The highest BCUT2D eigenvalue weighted by atomic mass is 35.5. The maximum atomic E-state index is 13.8. The second-order valence-electron chi connectivity index (χ2n) is 5.24. The number of furan rings is 1. The summed E-state index contributed by atoms with van der Waals surface area (Å²) in [4.78, 5) is 36.6. The molecule has 1 aromatic carbocycles. The predicted molar refractivity (Wildman–Crippen MR) is 80.3 cm³/mol. The third-order valence-electron chi connectivity index (χ3n) is 3.59. The van der Waals surface area contributed by atoms with E-state index in [1.165, 1.54) is 25.3 Å². The average Bonchev–Trinajstić information content (AvgIpc) is 3.12. The van der Waals surface area contributed by atoms with Crippen LogP contribution >= 0.6 is 11.6 Å². The molecule has 2 aromatic rings. The van der Waals surface area contributed by atoms with E-state index in [1.54, 1.807) is 6.07 Å². The van der Waals surface area contributed by atoms with Gasteiger partial charge in [0.2, 0.25) is 0 Å². The number of rotatable bonds is 3. The smallest absolute Gasteiger partial charge is 0.344 e. The number of hydrogen-bond acceptors (Lipinski definition) is 4. The van der Waals surface area contributed by atoms with E-state index in [1.807, 2.05) is 0 Å². The number of hydrogen-bond donors (Lipinski definition) is 2. The molecule has 2 heterocycles. The number of halogens is 2. The lowest BCUT2D eigenvalue weighted by molar-refractivity contribution is -0.133. The molecule has 1 saturated heterocycles. The number of carbonyl (C=O) groups is 3. The molecule has 1 unspecified atom stereocenters. The maximum Gasteiger partial charge on any atom is 0.344 e. The third kappa shape index (κ3) is 2.50. The molecule has 124 valence electrons. The van der Waals surface area contributed by atoms with Gasteiger partial charge >= 0.3 is 6.03 Å². The summed E-state index contributed by atoms with van der Waals surface area (Å²) in [6.07, 6.45) is 1.35. The molecule has 0 saturated carbocycles. The minimum Gasteiger partial charge on any atom is -0.466 e. The largest absolute Gasteiger partial charge is 0.466 e. The minimum atomic E-state index is -1.47. The molecule has 0 radical (unpaired) electrons. The van der Waals surface area contributed by atoms with Crippen LogP contribution in [0.2, 0.25) is 5.02 Å². The Morgan fingerprint density at radius 3 is 2.75 bits per heavy atom. The van der Waals surface area contributed by atoms with Gasteiger partial charge in [0.05, 0.1) is 11.8 Å². The summed E-state index contributed by atoms with van der Waals surface area (Å²) in [6.45, 7) is 1.43. The highest BCUT2D eigenvalue weighted by Gasteiger charge is 2.52. The van der Waals surface area contributed by atoms with Crippen LogP contribution in [0.5, 0.6) is 0 Å². The van der Waals surface area contributed by atoms with Gasteiger partial charge in [-0.3, -0.25) is 15.0 Å². The van der Waals surface area contributed by atoms with E-state index in [-0.39, 0.29) is 16.3 Å². The summed E-state index contributed by atoms with van der Waals surface area (Å²) in [5.74, 6) is -2.39. The van der Waals surface area contributed by atoms with Crippen molar-refractivity contribution < 1.29 is 23.2 Å². The first-order chi connectivity index (χ1) is 11.3. The Morgan fingerprint density at radius 2 is 2.12 bits per heavy atom. The Bertz CT molecular complexity index is 839. The molecular weight excluding hydrogens is 341 g/mol. The molecule has 1 aliphatic heterocycles. The second kappa shape index (κ2) is 5.64. The Balaban J connectivity index is 1.84. The van der Waals surface area contributed by atoms with Crippen molar-refractivity contribution in [3.63, 3.8) is 0 Å². The lowest BCUT2D eigenvalue weighted by Crippen LogP contribution is -2.48. The van der Waals surface area contributed by atoms with Gasteiger partial charge in [-0.05, 0) is 37.3 Å². The number of hydrazine groups is 1. The normalized spacial score (nSPS) is 20.2. The van der Waals surface area contributed by atoms with Crippen LogP contribution in [0.1, 0.15) is 23.0 Å². The maximum absolute atomic E-state index is 13.8. The third-order valence-corrected chi connectivity index (χ3v) is 3.83. The van der Waals surface area contributed by atoms with E-state index in [9.17, 15) is 18.8 Å². The summed E-state index contributed by atoms with van der Waals surface area (Å²) in [5.41, 5.74) is 0.259. The second-order valence-corrected chi connectivity index (χ2v) is 5.67. The number of nitrogens with one attached hydrogen (secondary N) is 2. The zero-order valence-electron chi connectivity index (χ0n) is 12.3. The van der Waals surface area contributed by atoms with Crippen LogP contribution in [-0.4, -0.2) is 22.9 Å². The van der Waals surface area contributed by atoms with E-state index >= 15 is 0 Å². The predicted octanol–water partition coefficient (Wildman–Crippen LogP) is 2.18. The molecule has 3 rings (SSSR count). The van der Waals surface area contributed by atoms with Crippen LogP contribution in [0.25, 0.3) is 0 Å². The Kier molecular flexibility index (Phi) is 3.76. The van der Waals surface area contributed by atoms with Gasteiger partial charge in [-0.15, -0.1) is 0 Å². The van der Waals surface area contributed by atoms with Crippen LogP contribution in [-0.2, 0) is 10.3 Å². The molecule has 1 fully saturated rings. The number of imide groups is 1. The van der Waals surface area contributed by atoms with Crippen molar-refractivity contribution in [2.75, 3.05) is 0 Å². The SMILES string of the molecule is CC1(c2ccco2)NC(=O)N(NC(=O)c2ccc(Cl)cc2F)C1=O. The van der Waals surface area contributed by atoms with E-state index in [0.29, 0.717) is 5.01 Å². The number of carbonyl (C=O) groups excluding carboxylic acids is 3. The molecule has 1 aromatic heterocycles. The molecule has 1 atom stereocenters. The molecule has 0 spiro atoms. The fourth-order valence-electron chi connectivity index (χ4n) is 2.31. The van der Waals surface area contributed by atoms with Gasteiger partial charge in [0.25, 0.3) is 11.8 Å². The molecule has 9 heteroatoms. The van der Waals surface area contributed by atoms with Crippen molar-refractivity contribution in [1.82, 2.24) is 15.8 Å². The van der Waals surface area contributed by atoms with Crippen LogP contribution in [0.4, 0.5) is 9.18 Å². The Hall–Kier alpha value is -2.87. The quantitative estimate of drug-likeness (QED) is 0.829. The molecular formula is C15H11ClFN3O4. The monoisotopic (exact) mass is 351 g/mol. The molecule has 7 nitrogen and oxygen atoms in total. The summed E-state index contributed by atoms with van der Waals surface area (Å²) < 4.78 is 18.9. The molecule has 1 aliphatic rings. The highest BCUT2D eigenvalue weighted by molar-refractivity contribution is 6.30. The zero-order valence-corrected chi connectivity index (χ0v) is 13.1. The van der Waals surface area contributed by atoms with Gasteiger partial charge in [-0.2, -0.15) is 5.01 Å². The number of benzene rings is 1. The van der Waals surface area contributed by atoms with Gasteiger partial charge < -0.3 is 9.73 Å². The summed E-state index contributed by atoms with van der Waals surface area (Å²) >= 11 is 5.62. The van der Waals surface area contributed by atoms with Crippen molar-refractivity contribution >= 4 is 29.4 Å². The van der Waals surface area contributed by atoms with Gasteiger partial charge in [-0.1, -0.05) is 11.6 Å². The Morgan fingerprint density at radius 1 is 1.38 bits per heavy atom. The zero-order chi connectivity index (χ0) is 17.5. The van der Waals surface area contributed by atoms with Crippen molar-refractivity contribution in [2.45, 2.75) is 12.5 Å². The molecule has 0 aliphatic carbocycles. The van der Waals surface area contributed by atoms with Crippen molar-refractivity contribution in [3.8, 4) is 0 Å². The summed E-state index contributed by atoms with van der Waals surface area (Å²) in [7, 11) is 0. The van der Waals surface area contributed by atoms with Crippen LogP contribution in [0, 0.1) is 5.82 Å². The Labute approximate surface area is 140 Å². The van der Waals surface area contributed by atoms with E-state index in [2.05, 4.69) is 10.7 Å². The van der Waals surface area contributed by atoms with E-state index in [4.69, 9.17) is 16.0 Å². The molecule has 4 amide bonds. The lowest BCUT2D eigenvalue weighted by atomic mass is 10.00. The first-order valence-corrected chi connectivity index (χ1v) is 7.17. The molecule has 24 heavy (non-hydrogen) atoms. The number of nitrogens with zero attached hydrogens (tertiary/aromatic N) is 1. The first kappa shape index (κ1) is 16.0. The summed E-state index contributed by atoms with van der Waals surface area (Å²) in [6, 6.07) is 5.64. The fourth-order valence-corrected chi connectivity index (χ4v) is 2.46. The number of amides is 4. The van der Waals surface area contributed by atoms with Gasteiger partial charge in [0, 0.05) is 5.02 Å². The fraction of sp³-hybridized carbons (Fsp3) is 0.133. The van der Waals surface area contributed by atoms with E-state index < -0.39 is 29.2 Å². The van der Waals surface area contributed by atoms with Crippen molar-refractivity contribution in [1.29, 1.82) is 0 Å². The highest BCUT2D eigenvalue weighted by Crippen LogP contribution is 2.28. The van der Waals surface area contributed by atoms with Gasteiger partial charge in [0.1, 0.15) is 11.6 Å². The average molecular weight is 352 g/mol. The minimum absolute atomic E-state index is 0.115. The van der Waals surface area contributed by atoms with Crippen LogP contribution in [0.15, 0.2) is 41.0 Å². The molecule has 2 N–H and O–H groups in total. The standard InChI is InChI=1S/C15H11ClFN3O4/c1-15(11-3-2-6-24-11)13(22)20(14(23)18-15)19-12(21)9-5-4-8(16)7-10(9)17/h2-7H,1H3,(H,18,23)(H,19,21). The molecule has 0 bridgehead atoms. The van der Waals surface area contributed by atoms with Crippen molar-refractivity contribution in [3.05, 3.63) is 58.8 Å². The van der Waals surface area contributed by atoms with Gasteiger partial charge in [-0.25, -0.2) is 9.18 Å². The van der Waals surface area contributed by atoms with Crippen LogP contribution < -0.4 is 10.7 Å². The lowest BCUT2D eigenvalue weighted by Gasteiger charge is -2.19. The van der Waals surface area contributed by atoms with Crippen LogP contribution in [0.3, 0.4) is 0 Å². The van der Waals surface area contributed by atoms with Crippen molar-refractivity contribution in [2.24, 2.45) is 0 Å². The summed E-state index contributed by atoms with van der Waals surface area (Å²) in [5, 5.41) is 3.03. The van der Waals surface area contributed by atoms with E-state index in [0.717, 1.165) is 12.1 Å².